The molecule has 1 aromatic heterocycles. The predicted octanol–water partition coefficient (Wildman–Crippen LogP) is 5.76. The van der Waals surface area contributed by atoms with Crippen molar-refractivity contribution in [3.05, 3.63) is 113 Å². The van der Waals surface area contributed by atoms with Crippen molar-refractivity contribution in [1.82, 2.24) is 4.98 Å². The van der Waals surface area contributed by atoms with E-state index in [4.69, 9.17) is 9.47 Å². The lowest BCUT2D eigenvalue weighted by Gasteiger charge is -2.15. The van der Waals surface area contributed by atoms with Crippen molar-refractivity contribution in [3.8, 4) is 22.8 Å². The fraction of sp³-hybridized carbons (Fsp3) is 0.111. The van der Waals surface area contributed by atoms with Gasteiger partial charge in [-0.25, -0.2) is 9.18 Å². The van der Waals surface area contributed by atoms with E-state index in [0.29, 0.717) is 40.6 Å². The van der Waals surface area contributed by atoms with Gasteiger partial charge in [0, 0.05) is 12.0 Å². The van der Waals surface area contributed by atoms with Crippen LogP contribution < -0.4 is 9.47 Å². The van der Waals surface area contributed by atoms with Gasteiger partial charge in [-0.1, -0.05) is 42.5 Å². The van der Waals surface area contributed by atoms with E-state index in [-0.39, 0.29) is 17.8 Å². The molecule has 0 radical (unpaired) electrons. The molecule has 5 nitrogen and oxygen atoms in total. The molecule has 0 saturated carbocycles. The zero-order valence-corrected chi connectivity index (χ0v) is 18.0. The number of aromatic nitrogens is 1. The van der Waals surface area contributed by atoms with E-state index in [2.05, 4.69) is 4.98 Å². The van der Waals surface area contributed by atoms with Gasteiger partial charge in [-0.15, -0.1) is 0 Å². The van der Waals surface area contributed by atoms with Gasteiger partial charge in [0.1, 0.15) is 23.9 Å². The van der Waals surface area contributed by atoms with Gasteiger partial charge >= 0.3 is 5.97 Å². The molecule has 4 rings (SSSR count). The molecule has 4 aromatic rings. The number of nitrogens with zero attached hydrogens (tertiary/aromatic N) is 1. The summed E-state index contributed by atoms with van der Waals surface area (Å²) in [4.78, 5) is 16.4. The maximum atomic E-state index is 13.7. The third-order valence-corrected chi connectivity index (χ3v) is 5.17. The molecule has 3 aromatic carbocycles. The Morgan fingerprint density at radius 2 is 1.73 bits per heavy atom. The zero-order chi connectivity index (χ0) is 23.2. The van der Waals surface area contributed by atoms with Gasteiger partial charge in [-0.05, 0) is 53.6 Å². The minimum atomic E-state index is -1.09. The van der Waals surface area contributed by atoms with Crippen LogP contribution in [0.25, 0.3) is 11.3 Å². The molecule has 0 aliphatic carbocycles. The summed E-state index contributed by atoms with van der Waals surface area (Å²) < 4.78 is 25.1. The van der Waals surface area contributed by atoms with E-state index in [9.17, 15) is 14.3 Å². The van der Waals surface area contributed by atoms with Gasteiger partial charge in [0.15, 0.2) is 0 Å². The Bertz CT molecular complexity index is 1270. The summed E-state index contributed by atoms with van der Waals surface area (Å²) in [7, 11) is 1.57. The number of benzene rings is 3. The highest BCUT2D eigenvalue weighted by atomic mass is 19.1. The fourth-order valence-electron chi connectivity index (χ4n) is 3.52. The van der Waals surface area contributed by atoms with Gasteiger partial charge < -0.3 is 14.6 Å². The number of halogens is 1. The highest BCUT2D eigenvalue weighted by Crippen LogP contribution is 2.34. The standard InChI is InChI=1S/C27H22FNO4/c1-32-21-10-13-26(33-17-18-6-3-2-4-7-18)23(16-21)24-12-11-22(27(30)31)25(29-24)15-19-8-5-9-20(28)14-19/h2-14,16H,15,17H2,1H3,(H,30,31). The molecule has 166 valence electrons. The van der Waals surface area contributed by atoms with Crippen LogP contribution in [0, 0.1) is 5.82 Å². The molecule has 1 heterocycles. The Labute approximate surface area is 191 Å². The minimum Gasteiger partial charge on any atom is -0.497 e. The molecule has 33 heavy (non-hydrogen) atoms. The summed E-state index contributed by atoms with van der Waals surface area (Å²) in [5.41, 5.74) is 3.25. The number of aromatic carboxylic acids is 1. The maximum absolute atomic E-state index is 13.7. The van der Waals surface area contributed by atoms with Crippen LogP contribution in [0.1, 0.15) is 27.2 Å². The van der Waals surface area contributed by atoms with Crippen LogP contribution in [0.3, 0.4) is 0 Å². The summed E-state index contributed by atoms with van der Waals surface area (Å²) >= 11 is 0. The molecule has 0 bridgehead atoms. The van der Waals surface area contributed by atoms with Crippen molar-refractivity contribution < 1.29 is 23.8 Å². The predicted molar refractivity (Wildman–Crippen MR) is 123 cm³/mol. The molecular weight excluding hydrogens is 421 g/mol. The van der Waals surface area contributed by atoms with Crippen LogP contribution in [-0.2, 0) is 13.0 Å². The maximum Gasteiger partial charge on any atom is 0.337 e. The first-order valence-corrected chi connectivity index (χ1v) is 10.4. The zero-order valence-electron chi connectivity index (χ0n) is 18.0. The Morgan fingerprint density at radius 1 is 0.939 bits per heavy atom. The van der Waals surface area contributed by atoms with Crippen LogP contribution in [0.15, 0.2) is 84.9 Å². The molecule has 0 saturated heterocycles. The van der Waals surface area contributed by atoms with Crippen LogP contribution in [0.2, 0.25) is 0 Å². The molecule has 6 heteroatoms. The number of carbonyl (C=O) groups is 1. The monoisotopic (exact) mass is 443 g/mol. The molecule has 0 fully saturated rings. The molecule has 0 aliphatic rings. The van der Waals surface area contributed by atoms with Gasteiger partial charge in [0.25, 0.3) is 0 Å². The smallest absolute Gasteiger partial charge is 0.337 e. The third kappa shape index (κ3) is 5.36. The lowest BCUT2D eigenvalue weighted by Crippen LogP contribution is -2.07. The first-order valence-electron chi connectivity index (χ1n) is 10.4. The van der Waals surface area contributed by atoms with E-state index in [1.165, 1.54) is 18.2 Å². The normalized spacial score (nSPS) is 10.6. The van der Waals surface area contributed by atoms with Crippen LogP contribution in [0.5, 0.6) is 11.5 Å². The second-order valence-corrected chi connectivity index (χ2v) is 7.44. The van der Waals surface area contributed by atoms with Crippen molar-refractivity contribution in [1.29, 1.82) is 0 Å². The van der Waals surface area contributed by atoms with Crippen molar-refractivity contribution >= 4 is 5.97 Å². The van der Waals surface area contributed by atoms with E-state index >= 15 is 0 Å². The molecule has 0 atom stereocenters. The number of carboxylic acids is 1. The average molecular weight is 443 g/mol. The van der Waals surface area contributed by atoms with Crippen LogP contribution in [-0.4, -0.2) is 23.2 Å². The van der Waals surface area contributed by atoms with Crippen LogP contribution in [0.4, 0.5) is 4.39 Å². The quantitative estimate of drug-likeness (QED) is 0.375. The SMILES string of the molecule is COc1ccc(OCc2ccccc2)c(-c2ccc(C(=O)O)c(Cc3cccc(F)c3)n2)c1. The van der Waals surface area contributed by atoms with Gasteiger partial charge in [-0.3, -0.25) is 4.98 Å². The molecule has 1 N–H and O–H groups in total. The van der Waals surface area contributed by atoms with Gasteiger partial charge in [0.05, 0.1) is 24.1 Å². The lowest BCUT2D eigenvalue weighted by atomic mass is 10.0. The number of hydrogen-bond donors (Lipinski definition) is 1. The Balaban J connectivity index is 1.73. The van der Waals surface area contributed by atoms with Crippen molar-refractivity contribution in [3.63, 3.8) is 0 Å². The van der Waals surface area contributed by atoms with E-state index in [0.717, 1.165) is 5.56 Å². The van der Waals surface area contributed by atoms with Gasteiger partial charge in [0.2, 0.25) is 0 Å². The lowest BCUT2D eigenvalue weighted by molar-refractivity contribution is 0.0695. The van der Waals surface area contributed by atoms with Crippen LogP contribution >= 0.6 is 0 Å². The Kier molecular flexibility index (Phi) is 6.64. The highest BCUT2D eigenvalue weighted by molar-refractivity contribution is 5.89. The van der Waals surface area contributed by atoms with E-state index < -0.39 is 5.97 Å². The second-order valence-electron chi connectivity index (χ2n) is 7.44. The van der Waals surface area contributed by atoms with Crippen molar-refractivity contribution in [2.75, 3.05) is 7.11 Å². The molecular formula is C27H22FNO4. The van der Waals surface area contributed by atoms with Gasteiger partial charge in [-0.2, -0.15) is 0 Å². The number of pyridine rings is 1. The van der Waals surface area contributed by atoms with Crippen molar-refractivity contribution in [2.45, 2.75) is 13.0 Å². The number of ether oxygens (including phenoxy) is 2. The first kappa shape index (κ1) is 22.0. The largest absolute Gasteiger partial charge is 0.497 e. The number of carboxylic acid groups (broad SMARTS) is 1. The third-order valence-electron chi connectivity index (χ3n) is 5.17. The minimum absolute atomic E-state index is 0.0673. The number of methoxy groups -OCH3 is 1. The average Bonchev–Trinajstić information content (AvgIpc) is 2.83. The molecule has 0 spiro atoms. The molecule has 0 amide bonds. The van der Waals surface area contributed by atoms with E-state index in [1.807, 2.05) is 30.3 Å². The Hall–Kier alpha value is -4.19. The van der Waals surface area contributed by atoms with E-state index in [1.54, 1.807) is 43.5 Å². The summed E-state index contributed by atoms with van der Waals surface area (Å²) in [6.07, 6.45) is 0.178. The summed E-state index contributed by atoms with van der Waals surface area (Å²) in [5.74, 6) is -0.267. The van der Waals surface area contributed by atoms with Crippen molar-refractivity contribution in [2.24, 2.45) is 0 Å². The summed E-state index contributed by atoms with van der Waals surface area (Å²) in [6, 6.07) is 24.4. The fourth-order valence-corrected chi connectivity index (χ4v) is 3.52. The molecule has 0 unspecified atom stereocenters. The highest BCUT2D eigenvalue weighted by Gasteiger charge is 2.17. The number of hydrogen-bond acceptors (Lipinski definition) is 4. The topological polar surface area (TPSA) is 68.7 Å². The summed E-state index contributed by atoms with van der Waals surface area (Å²) in [5, 5.41) is 9.65. The second kappa shape index (κ2) is 9.96. The molecule has 0 aliphatic heterocycles. The first-order chi connectivity index (χ1) is 16.0. The Morgan fingerprint density at radius 3 is 2.45 bits per heavy atom. The summed E-state index contributed by atoms with van der Waals surface area (Å²) in [6.45, 7) is 0.365. The number of rotatable bonds is 8.